The second-order valence-corrected chi connectivity index (χ2v) is 11.0. The molecule has 40 heavy (non-hydrogen) atoms. The molecule has 1 aliphatic heterocycles. The standard InChI is InChI=1S/C30H33F3N2O5/c1-28(2)17-23-26(24(36)18-28)29(30(31,32)33,34-25(37)14-9-19-5-10-21(39-3)11-6-19)27(38)35(23)16-15-20-7-12-22(40-4)13-8-20/h5-8,10-13H,9,14-18H2,1-4H3,(H,34,37)/t29-/m1/s1. The van der Waals surface area contributed by atoms with Gasteiger partial charge >= 0.3 is 6.18 Å². The number of methoxy groups -OCH3 is 2. The molecule has 1 N–H and O–H groups in total. The number of allylic oxidation sites excluding steroid dienone is 1. The van der Waals surface area contributed by atoms with Gasteiger partial charge < -0.3 is 19.7 Å². The maximum Gasteiger partial charge on any atom is 0.425 e. The Labute approximate surface area is 231 Å². The molecule has 2 aromatic rings. The summed E-state index contributed by atoms with van der Waals surface area (Å²) < 4.78 is 55.1. The van der Waals surface area contributed by atoms with Crippen molar-refractivity contribution >= 4 is 17.6 Å². The predicted molar refractivity (Wildman–Crippen MR) is 142 cm³/mol. The van der Waals surface area contributed by atoms with E-state index in [4.69, 9.17) is 9.47 Å². The number of ketones is 1. The monoisotopic (exact) mass is 558 g/mol. The van der Waals surface area contributed by atoms with Crippen molar-refractivity contribution in [2.75, 3.05) is 20.8 Å². The summed E-state index contributed by atoms with van der Waals surface area (Å²) >= 11 is 0. The van der Waals surface area contributed by atoms with Gasteiger partial charge in [0.25, 0.3) is 5.91 Å². The van der Waals surface area contributed by atoms with Gasteiger partial charge in [-0.25, -0.2) is 0 Å². The number of aryl methyl sites for hydroxylation is 1. The zero-order valence-corrected chi connectivity index (χ0v) is 23.0. The van der Waals surface area contributed by atoms with Crippen molar-refractivity contribution in [3.05, 3.63) is 70.9 Å². The van der Waals surface area contributed by atoms with Crippen molar-refractivity contribution in [3.8, 4) is 11.5 Å². The Morgan fingerprint density at radius 2 is 1.43 bits per heavy atom. The van der Waals surface area contributed by atoms with Crippen LogP contribution in [0, 0.1) is 5.41 Å². The van der Waals surface area contributed by atoms with E-state index in [0.717, 1.165) is 10.5 Å². The fourth-order valence-corrected chi connectivity index (χ4v) is 5.42. The number of hydrogen-bond acceptors (Lipinski definition) is 5. The number of benzene rings is 2. The molecule has 2 aliphatic rings. The summed E-state index contributed by atoms with van der Waals surface area (Å²) in [4.78, 5) is 41.1. The molecule has 0 unspecified atom stereocenters. The van der Waals surface area contributed by atoms with Crippen LogP contribution in [0.5, 0.6) is 11.5 Å². The van der Waals surface area contributed by atoms with E-state index in [9.17, 15) is 27.6 Å². The first-order valence-corrected chi connectivity index (χ1v) is 13.0. The van der Waals surface area contributed by atoms with Crippen LogP contribution in [0.4, 0.5) is 13.2 Å². The Kier molecular flexibility index (Phi) is 8.01. The second-order valence-electron chi connectivity index (χ2n) is 11.0. The first kappa shape index (κ1) is 29.2. The van der Waals surface area contributed by atoms with Gasteiger partial charge in [-0.3, -0.25) is 14.4 Å². The maximum atomic E-state index is 15.0. The van der Waals surface area contributed by atoms with Crippen LogP contribution in [0.15, 0.2) is 59.8 Å². The largest absolute Gasteiger partial charge is 0.497 e. The molecule has 2 amide bonds. The van der Waals surface area contributed by atoms with Crippen molar-refractivity contribution in [2.45, 2.75) is 57.7 Å². The molecule has 10 heteroatoms. The average molecular weight is 559 g/mol. The van der Waals surface area contributed by atoms with E-state index in [-0.39, 0.29) is 44.3 Å². The molecule has 1 atom stereocenters. The lowest BCUT2D eigenvalue weighted by Gasteiger charge is -2.35. The average Bonchev–Trinajstić information content (AvgIpc) is 3.13. The van der Waals surface area contributed by atoms with Gasteiger partial charge in [-0.1, -0.05) is 38.1 Å². The Morgan fingerprint density at radius 1 is 0.900 bits per heavy atom. The number of carbonyl (C=O) groups is 3. The highest BCUT2D eigenvalue weighted by molar-refractivity contribution is 6.13. The van der Waals surface area contributed by atoms with Gasteiger partial charge in [0.05, 0.1) is 19.8 Å². The van der Waals surface area contributed by atoms with Crippen molar-refractivity contribution in [1.82, 2.24) is 10.2 Å². The Hall–Kier alpha value is -3.82. The first-order chi connectivity index (χ1) is 18.8. The van der Waals surface area contributed by atoms with Gasteiger partial charge in [0.2, 0.25) is 11.4 Å². The van der Waals surface area contributed by atoms with E-state index in [1.807, 2.05) is 5.32 Å². The van der Waals surface area contributed by atoms with Crippen LogP contribution in [-0.2, 0) is 27.2 Å². The van der Waals surface area contributed by atoms with Gasteiger partial charge in [0.1, 0.15) is 11.5 Å². The molecule has 2 aromatic carbocycles. The van der Waals surface area contributed by atoms with E-state index in [1.54, 1.807) is 62.4 Å². The summed E-state index contributed by atoms with van der Waals surface area (Å²) in [6.07, 6.45) is -5.20. The van der Waals surface area contributed by atoms with E-state index in [2.05, 4.69) is 0 Å². The normalized spacial score (nSPS) is 20.4. The Morgan fingerprint density at radius 3 is 1.93 bits per heavy atom. The zero-order valence-electron chi connectivity index (χ0n) is 23.0. The van der Waals surface area contributed by atoms with Crippen molar-refractivity contribution in [1.29, 1.82) is 0 Å². The number of amides is 2. The van der Waals surface area contributed by atoms with E-state index < -0.39 is 40.3 Å². The highest BCUT2D eigenvalue weighted by Crippen LogP contribution is 2.51. The number of halogens is 3. The number of alkyl halides is 3. The van der Waals surface area contributed by atoms with E-state index in [1.165, 1.54) is 14.2 Å². The number of hydrogen-bond donors (Lipinski definition) is 1. The number of nitrogens with one attached hydrogen (secondary N) is 1. The lowest BCUT2D eigenvalue weighted by Crippen LogP contribution is -2.66. The molecule has 214 valence electrons. The fraction of sp³-hybridized carbons (Fsp3) is 0.433. The van der Waals surface area contributed by atoms with Gasteiger partial charge in [-0.15, -0.1) is 0 Å². The minimum Gasteiger partial charge on any atom is -0.497 e. The van der Waals surface area contributed by atoms with Crippen molar-refractivity contribution in [2.24, 2.45) is 5.41 Å². The number of nitrogens with zero attached hydrogens (tertiary/aromatic N) is 1. The van der Waals surface area contributed by atoms with Crippen LogP contribution >= 0.6 is 0 Å². The highest BCUT2D eigenvalue weighted by Gasteiger charge is 2.71. The minimum atomic E-state index is -5.23. The minimum absolute atomic E-state index is 0.0348. The molecule has 0 fully saturated rings. The van der Waals surface area contributed by atoms with Crippen molar-refractivity contribution in [3.63, 3.8) is 0 Å². The molecule has 1 heterocycles. The van der Waals surface area contributed by atoms with E-state index >= 15 is 0 Å². The quantitative estimate of drug-likeness (QED) is 0.479. The van der Waals surface area contributed by atoms with Crippen LogP contribution in [0.2, 0.25) is 0 Å². The topological polar surface area (TPSA) is 84.9 Å². The molecule has 7 nitrogen and oxygen atoms in total. The van der Waals surface area contributed by atoms with Crippen LogP contribution in [0.3, 0.4) is 0 Å². The third-order valence-corrected chi connectivity index (χ3v) is 7.45. The van der Waals surface area contributed by atoms with Crippen LogP contribution in [0.1, 0.15) is 44.2 Å². The molecule has 0 radical (unpaired) electrons. The summed E-state index contributed by atoms with van der Waals surface area (Å²) in [5, 5.41) is 2.00. The molecule has 1 aliphatic carbocycles. The maximum absolute atomic E-state index is 15.0. The van der Waals surface area contributed by atoms with E-state index in [0.29, 0.717) is 17.1 Å². The number of rotatable bonds is 9. The van der Waals surface area contributed by atoms with Crippen LogP contribution in [0.25, 0.3) is 0 Å². The van der Waals surface area contributed by atoms with Gasteiger partial charge in [0.15, 0.2) is 5.78 Å². The Balaban J connectivity index is 1.65. The molecule has 0 spiro atoms. The SMILES string of the molecule is COc1ccc(CCC(=O)N[C@@]2(C(F)(F)F)C(=O)N(CCc3ccc(OC)cc3)C3=C2C(=O)CC(C)(C)C3)cc1. The lowest BCUT2D eigenvalue weighted by molar-refractivity contribution is -0.194. The van der Waals surface area contributed by atoms with Crippen molar-refractivity contribution < 1.29 is 37.0 Å². The highest BCUT2D eigenvalue weighted by atomic mass is 19.4. The molecular formula is C30H33F3N2O5. The lowest BCUT2D eigenvalue weighted by atomic mass is 9.72. The molecule has 4 rings (SSSR count). The summed E-state index contributed by atoms with van der Waals surface area (Å²) in [5.41, 5.74) is -3.19. The number of ether oxygens (including phenoxy) is 2. The van der Waals surface area contributed by atoms with Crippen LogP contribution in [-0.4, -0.2) is 55.0 Å². The predicted octanol–water partition coefficient (Wildman–Crippen LogP) is 4.78. The summed E-state index contributed by atoms with van der Waals surface area (Å²) in [5.74, 6) is -1.86. The molecule has 0 saturated carbocycles. The molecular weight excluding hydrogens is 525 g/mol. The fourth-order valence-electron chi connectivity index (χ4n) is 5.42. The Bertz CT molecular complexity index is 1320. The summed E-state index contributed by atoms with van der Waals surface area (Å²) in [6.45, 7) is 3.48. The second kappa shape index (κ2) is 11.0. The zero-order chi connectivity index (χ0) is 29.3. The third-order valence-electron chi connectivity index (χ3n) is 7.45. The van der Waals surface area contributed by atoms with Gasteiger partial charge in [-0.2, -0.15) is 13.2 Å². The van der Waals surface area contributed by atoms with Gasteiger partial charge in [-0.05, 0) is 60.1 Å². The van der Waals surface area contributed by atoms with Gasteiger partial charge in [0, 0.05) is 25.1 Å². The first-order valence-electron chi connectivity index (χ1n) is 13.0. The smallest absolute Gasteiger partial charge is 0.425 e. The molecule has 0 aromatic heterocycles. The number of Topliss-reactive ketones (excluding diaryl/α,β-unsaturated/α-hetero) is 1. The summed E-state index contributed by atoms with van der Waals surface area (Å²) in [7, 11) is 3.03. The number of carbonyl (C=O) groups excluding carboxylic acids is 3. The molecule has 0 saturated heterocycles. The third kappa shape index (κ3) is 5.57. The summed E-state index contributed by atoms with van der Waals surface area (Å²) in [6, 6.07) is 13.8. The molecule has 0 bridgehead atoms. The van der Waals surface area contributed by atoms with Crippen LogP contribution < -0.4 is 14.8 Å².